The van der Waals surface area contributed by atoms with Crippen molar-refractivity contribution in [3.63, 3.8) is 0 Å². The molecule has 1 aromatic rings. The molecule has 0 bridgehead atoms. The van der Waals surface area contributed by atoms with Gasteiger partial charge in [-0.05, 0) is 37.2 Å². The summed E-state index contributed by atoms with van der Waals surface area (Å²) in [4.78, 5) is 4.97. The molecule has 1 saturated heterocycles. The Labute approximate surface area is 165 Å². The van der Waals surface area contributed by atoms with Crippen LogP contribution < -0.4 is 9.47 Å². The molecule has 0 N–H and O–H groups in total. The van der Waals surface area contributed by atoms with Crippen molar-refractivity contribution in [2.75, 3.05) is 65.7 Å². The van der Waals surface area contributed by atoms with Crippen LogP contribution in [0.3, 0.4) is 0 Å². The average Bonchev–Trinajstić information content (AvgIpc) is 2.66. The Morgan fingerprint density at radius 3 is 1.92 bits per heavy atom. The summed E-state index contributed by atoms with van der Waals surface area (Å²) in [6.07, 6.45) is 2.24. The molecule has 0 radical (unpaired) electrons. The largest absolute Gasteiger partial charge is 0.494 e. The number of hydrogen-bond acceptors (Lipinski definition) is 5. The first-order valence-electron chi connectivity index (χ1n) is 9.70. The predicted octanol–water partition coefficient (Wildman–Crippen LogP) is 3.32. The third-order valence-corrected chi connectivity index (χ3v) is 4.55. The number of halogens is 1. The molecule has 0 saturated carbocycles. The van der Waals surface area contributed by atoms with Crippen LogP contribution in [0, 0.1) is 0 Å². The Bertz CT molecular complexity index is 451. The standard InChI is InChI=1S/C20H34N2O3.ClH/c1-3-5-15-24-19-6-8-20(9-7-19)25-18-17-23-16-14-22-12-10-21(4-2)11-13-22;/h6-9H,3-5,10-18H2,1-2H3;1H. The van der Waals surface area contributed by atoms with E-state index in [-0.39, 0.29) is 12.4 Å². The van der Waals surface area contributed by atoms with E-state index in [0.29, 0.717) is 13.2 Å². The molecule has 150 valence electrons. The van der Waals surface area contributed by atoms with Crippen LogP contribution in [0.15, 0.2) is 24.3 Å². The fourth-order valence-electron chi connectivity index (χ4n) is 2.81. The second kappa shape index (κ2) is 14.1. The number of hydrogen-bond donors (Lipinski definition) is 0. The average molecular weight is 387 g/mol. The van der Waals surface area contributed by atoms with Gasteiger partial charge >= 0.3 is 0 Å². The lowest BCUT2D eigenvalue weighted by molar-refractivity contribution is 0.0626. The number of ether oxygens (including phenoxy) is 3. The number of benzene rings is 1. The maximum atomic E-state index is 5.71. The van der Waals surface area contributed by atoms with Crippen molar-refractivity contribution in [2.45, 2.75) is 26.7 Å². The molecule has 0 unspecified atom stereocenters. The molecule has 1 fully saturated rings. The highest BCUT2D eigenvalue weighted by molar-refractivity contribution is 5.85. The van der Waals surface area contributed by atoms with E-state index < -0.39 is 0 Å². The van der Waals surface area contributed by atoms with Crippen LogP contribution in [-0.2, 0) is 4.74 Å². The van der Waals surface area contributed by atoms with Crippen molar-refractivity contribution in [2.24, 2.45) is 0 Å². The Morgan fingerprint density at radius 2 is 1.35 bits per heavy atom. The molecular weight excluding hydrogens is 352 g/mol. The van der Waals surface area contributed by atoms with Gasteiger partial charge in [0.05, 0.1) is 19.8 Å². The number of rotatable bonds is 12. The Kier molecular flexibility index (Phi) is 12.5. The summed E-state index contributed by atoms with van der Waals surface area (Å²) in [7, 11) is 0. The Balaban J connectivity index is 0.00000338. The summed E-state index contributed by atoms with van der Waals surface area (Å²) in [5, 5.41) is 0. The summed E-state index contributed by atoms with van der Waals surface area (Å²) < 4.78 is 17.0. The van der Waals surface area contributed by atoms with E-state index in [2.05, 4.69) is 23.6 Å². The molecule has 2 rings (SSSR count). The third kappa shape index (κ3) is 9.08. The Morgan fingerprint density at radius 1 is 0.769 bits per heavy atom. The highest BCUT2D eigenvalue weighted by Gasteiger charge is 2.14. The third-order valence-electron chi connectivity index (χ3n) is 4.55. The zero-order valence-electron chi connectivity index (χ0n) is 16.3. The summed E-state index contributed by atoms with van der Waals surface area (Å²) in [6, 6.07) is 7.83. The molecule has 1 aliphatic heterocycles. The van der Waals surface area contributed by atoms with E-state index in [1.54, 1.807) is 0 Å². The van der Waals surface area contributed by atoms with Crippen molar-refractivity contribution in [3.8, 4) is 11.5 Å². The summed E-state index contributed by atoms with van der Waals surface area (Å²) >= 11 is 0. The van der Waals surface area contributed by atoms with Gasteiger partial charge in [-0.1, -0.05) is 20.3 Å². The van der Waals surface area contributed by atoms with Crippen LogP contribution in [0.4, 0.5) is 0 Å². The molecule has 0 aliphatic carbocycles. The van der Waals surface area contributed by atoms with Gasteiger partial charge in [-0.2, -0.15) is 0 Å². The zero-order valence-corrected chi connectivity index (χ0v) is 17.1. The Hall–Kier alpha value is -1.01. The number of unbranched alkanes of at least 4 members (excludes halogenated alkanes) is 1. The lowest BCUT2D eigenvalue weighted by atomic mass is 10.3. The lowest BCUT2D eigenvalue weighted by Gasteiger charge is -2.33. The second-order valence-corrected chi connectivity index (χ2v) is 6.41. The quantitative estimate of drug-likeness (QED) is 0.515. The SMILES string of the molecule is CCCCOc1ccc(OCCOCCN2CCN(CC)CC2)cc1.Cl. The summed E-state index contributed by atoms with van der Waals surface area (Å²) in [5.41, 5.74) is 0. The van der Waals surface area contributed by atoms with Gasteiger partial charge in [0.15, 0.2) is 0 Å². The first-order valence-corrected chi connectivity index (χ1v) is 9.70. The van der Waals surface area contributed by atoms with Gasteiger partial charge in [0.25, 0.3) is 0 Å². The lowest BCUT2D eigenvalue weighted by Crippen LogP contribution is -2.47. The van der Waals surface area contributed by atoms with Gasteiger partial charge in [-0.15, -0.1) is 12.4 Å². The smallest absolute Gasteiger partial charge is 0.119 e. The van der Waals surface area contributed by atoms with Gasteiger partial charge < -0.3 is 19.1 Å². The van der Waals surface area contributed by atoms with Crippen LogP contribution in [0.25, 0.3) is 0 Å². The van der Waals surface area contributed by atoms with E-state index in [0.717, 1.165) is 63.7 Å². The maximum absolute atomic E-state index is 5.71. The molecule has 0 spiro atoms. The minimum Gasteiger partial charge on any atom is -0.494 e. The van der Waals surface area contributed by atoms with Gasteiger partial charge in [0.1, 0.15) is 18.1 Å². The topological polar surface area (TPSA) is 34.2 Å². The first kappa shape index (κ1) is 23.0. The van der Waals surface area contributed by atoms with E-state index in [1.807, 2.05) is 24.3 Å². The second-order valence-electron chi connectivity index (χ2n) is 6.41. The van der Waals surface area contributed by atoms with E-state index in [1.165, 1.54) is 13.1 Å². The molecule has 1 aliphatic rings. The fourth-order valence-corrected chi connectivity index (χ4v) is 2.81. The van der Waals surface area contributed by atoms with E-state index in [4.69, 9.17) is 14.2 Å². The van der Waals surface area contributed by atoms with E-state index in [9.17, 15) is 0 Å². The summed E-state index contributed by atoms with van der Waals surface area (Å²) in [6.45, 7) is 14.0. The van der Waals surface area contributed by atoms with Crippen LogP contribution in [0.2, 0.25) is 0 Å². The molecule has 26 heavy (non-hydrogen) atoms. The first-order chi connectivity index (χ1) is 12.3. The van der Waals surface area contributed by atoms with Gasteiger partial charge in [-0.3, -0.25) is 4.90 Å². The minimum atomic E-state index is 0. The number of likely N-dealkylation sites (N-methyl/N-ethyl adjacent to an activating group) is 1. The van der Waals surface area contributed by atoms with Crippen LogP contribution in [0.1, 0.15) is 26.7 Å². The molecule has 6 heteroatoms. The van der Waals surface area contributed by atoms with Crippen molar-refractivity contribution < 1.29 is 14.2 Å². The number of nitrogens with zero attached hydrogens (tertiary/aromatic N) is 2. The zero-order chi connectivity index (χ0) is 17.7. The molecule has 1 heterocycles. The predicted molar refractivity (Wildman–Crippen MR) is 109 cm³/mol. The van der Waals surface area contributed by atoms with Crippen LogP contribution in [0.5, 0.6) is 11.5 Å². The maximum Gasteiger partial charge on any atom is 0.119 e. The number of piperazine rings is 1. The molecule has 5 nitrogen and oxygen atoms in total. The van der Waals surface area contributed by atoms with Crippen molar-refractivity contribution >= 4 is 12.4 Å². The van der Waals surface area contributed by atoms with E-state index >= 15 is 0 Å². The fraction of sp³-hybridized carbons (Fsp3) is 0.700. The normalized spacial score (nSPS) is 15.5. The van der Waals surface area contributed by atoms with Gasteiger partial charge in [0.2, 0.25) is 0 Å². The van der Waals surface area contributed by atoms with Gasteiger partial charge in [-0.25, -0.2) is 0 Å². The highest BCUT2D eigenvalue weighted by Crippen LogP contribution is 2.17. The monoisotopic (exact) mass is 386 g/mol. The molecular formula is C20H35ClN2O3. The van der Waals surface area contributed by atoms with Gasteiger partial charge in [0, 0.05) is 32.7 Å². The molecule has 1 aromatic carbocycles. The minimum absolute atomic E-state index is 0. The van der Waals surface area contributed by atoms with Crippen molar-refractivity contribution in [1.29, 1.82) is 0 Å². The molecule has 0 amide bonds. The molecule has 0 atom stereocenters. The van der Waals surface area contributed by atoms with Crippen LogP contribution >= 0.6 is 12.4 Å². The molecule has 0 aromatic heterocycles. The van der Waals surface area contributed by atoms with Crippen molar-refractivity contribution in [3.05, 3.63) is 24.3 Å². The summed E-state index contributed by atoms with van der Waals surface area (Å²) in [5.74, 6) is 1.77. The van der Waals surface area contributed by atoms with Crippen LogP contribution in [-0.4, -0.2) is 75.5 Å². The highest BCUT2D eigenvalue weighted by atomic mass is 35.5. The van der Waals surface area contributed by atoms with Crippen molar-refractivity contribution in [1.82, 2.24) is 9.80 Å².